The van der Waals surface area contributed by atoms with Gasteiger partial charge in [-0.05, 0) is 25.2 Å². The van der Waals surface area contributed by atoms with Crippen LogP contribution in [0.25, 0.3) is 0 Å². The maximum Gasteiger partial charge on any atom is 0.165 e. The lowest BCUT2D eigenvalue weighted by atomic mass is 10.3. The summed E-state index contributed by atoms with van der Waals surface area (Å²) in [6, 6.07) is 9.79. The quantitative estimate of drug-likeness (QED) is 0.880. The van der Waals surface area contributed by atoms with Crippen LogP contribution in [0.2, 0.25) is 0 Å². The molecular weight excluding hydrogens is 219 g/mol. The third kappa shape index (κ3) is 3.01. The van der Waals surface area contributed by atoms with Crippen molar-refractivity contribution in [1.29, 1.82) is 0 Å². The number of hydrogen-bond donors (Lipinski definition) is 1. The Morgan fingerprint density at radius 1 is 1.29 bits per heavy atom. The van der Waals surface area contributed by atoms with E-state index in [0.717, 1.165) is 5.69 Å². The van der Waals surface area contributed by atoms with Crippen molar-refractivity contribution in [3.63, 3.8) is 0 Å². The maximum absolute atomic E-state index is 13.4. The van der Waals surface area contributed by atoms with E-state index in [2.05, 4.69) is 10.3 Å². The Balaban J connectivity index is 2.18. The van der Waals surface area contributed by atoms with E-state index in [4.69, 9.17) is 4.74 Å². The highest BCUT2D eigenvalue weighted by Gasteiger charge is 2.04. The number of pyridine rings is 1. The van der Waals surface area contributed by atoms with E-state index in [1.807, 2.05) is 7.05 Å². The molecule has 4 heteroatoms. The number of nitrogens with one attached hydrogen (secondary N) is 1. The molecule has 2 rings (SSSR count). The van der Waals surface area contributed by atoms with Crippen LogP contribution in [-0.4, -0.2) is 12.0 Å². The van der Waals surface area contributed by atoms with Gasteiger partial charge in [0.1, 0.15) is 5.75 Å². The summed E-state index contributed by atoms with van der Waals surface area (Å²) in [5, 5.41) is 2.99. The van der Waals surface area contributed by atoms with Crippen molar-refractivity contribution in [2.45, 2.75) is 6.54 Å². The highest BCUT2D eigenvalue weighted by Crippen LogP contribution is 2.23. The lowest BCUT2D eigenvalue weighted by Gasteiger charge is -2.07. The normalized spacial score (nSPS) is 10.2. The number of benzene rings is 1. The van der Waals surface area contributed by atoms with Gasteiger partial charge in [0.2, 0.25) is 0 Å². The van der Waals surface area contributed by atoms with Gasteiger partial charge < -0.3 is 10.1 Å². The first kappa shape index (κ1) is 11.5. The minimum atomic E-state index is -0.375. The van der Waals surface area contributed by atoms with Crippen LogP contribution in [0, 0.1) is 5.82 Å². The first-order valence-electron chi connectivity index (χ1n) is 5.31. The molecule has 17 heavy (non-hydrogen) atoms. The van der Waals surface area contributed by atoms with Crippen molar-refractivity contribution in [3.8, 4) is 11.5 Å². The van der Waals surface area contributed by atoms with Crippen LogP contribution >= 0.6 is 0 Å². The number of para-hydroxylation sites is 1. The molecule has 0 unspecified atom stereocenters. The summed E-state index contributed by atoms with van der Waals surface area (Å²) in [5.41, 5.74) is 0.848. The molecule has 0 aliphatic carbocycles. The lowest BCUT2D eigenvalue weighted by molar-refractivity contribution is 0.441. The van der Waals surface area contributed by atoms with Crippen molar-refractivity contribution < 1.29 is 9.13 Å². The molecule has 0 spiro atoms. The van der Waals surface area contributed by atoms with Gasteiger partial charge in [0.05, 0.1) is 5.69 Å². The van der Waals surface area contributed by atoms with Crippen LogP contribution in [0.3, 0.4) is 0 Å². The van der Waals surface area contributed by atoms with Gasteiger partial charge in [-0.1, -0.05) is 12.1 Å². The second-order valence-corrected chi connectivity index (χ2v) is 3.55. The predicted octanol–water partition coefficient (Wildman–Crippen LogP) is 2.73. The Hall–Kier alpha value is -1.94. The summed E-state index contributed by atoms with van der Waals surface area (Å²) in [4.78, 5) is 4.16. The molecule has 1 aromatic heterocycles. The zero-order chi connectivity index (χ0) is 12.1. The van der Waals surface area contributed by atoms with E-state index in [1.54, 1.807) is 36.5 Å². The number of ether oxygens (including phenoxy) is 1. The fourth-order valence-corrected chi connectivity index (χ4v) is 1.45. The molecule has 3 nitrogen and oxygen atoms in total. The number of rotatable bonds is 4. The molecule has 0 aliphatic heterocycles. The van der Waals surface area contributed by atoms with Crippen LogP contribution in [0.4, 0.5) is 4.39 Å². The molecule has 0 saturated heterocycles. The van der Waals surface area contributed by atoms with Crippen LogP contribution in [0.1, 0.15) is 5.69 Å². The second-order valence-electron chi connectivity index (χ2n) is 3.55. The highest BCUT2D eigenvalue weighted by molar-refractivity contribution is 5.32. The third-order valence-electron chi connectivity index (χ3n) is 2.21. The van der Waals surface area contributed by atoms with Gasteiger partial charge in [-0.15, -0.1) is 0 Å². The van der Waals surface area contributed by atoms with Gasteiger partial charge in [0.25, 0.3) is 0 Å². The van der Waals surface area contributed by atoms with E-state index in [9.17, 15) is 4.39 Å². The standard InChI is InChI=1S/C13H13FN2O/c1-15-9-10-8-11(6-7-16-10)17-13-5-3-2-4-12(13)14/h2-8,15H,9H2,1H3. The summed E-state index contributed by atoms with van der Waals surface area (Å²) in [6.45, 7) is 0.647. The number of nitrogens with zero attached hydrogens (tertiary/aromatic N) is 1. The SMILES string of the molecule is CNCc1cc(Oc2ccccc2F)ccn1. The largest absolute Gasteiger partial charge is 0.454 e. The molecule has 1 N–H and O–H groups in total. The fraction of sp³-hybridized carbons (Fsp3) is 0.154. The number of aromatic nitrogens is 1. The summed E-state index contributed by atoms with van der Waals surface area (Å²) in [6.07, 6.45) is 1.64. The highest BCUT2D eigenvalue weighted by atomic mass is 19.1. The van der Waals surface area contributed by atoms with Gasteiger partial charge in [-0.25, -0.2) is 4.39 Å². The van der Waals surface area contributed by atoms with Crippen LogP contribution < -0.4 is 10.1 Å². The average Bonchev–Trinajstić information content (AvgIpc) is 2.33. The minimum absolute atomic E-state index is 0.217. The Kier molecular flexibility index (Phi) is 3.67. The zero-order valence-electron chi connectivity index (χ0n) is 9.48. The molecule has 0 bridgehead atoms. The van der Waals surface area contributed by atoms with E-state index >= 15 is 0 Å². The molecule has 2 aromatic rings. The molecular formula is C13H13FN2O. The van der Waals surface area contributed by atoms with Gasteiger partial charge in [-0.2, -0.15) is 0 Å². The maximum atomic E-state index is 13.4. The summed E-state index contributed by atoms with van der Waals surface area (Å²) >= 11 is 0. The average molecular weight is 232 g/mol. The monoisotopic (exact) mass is 232 g/mol. The van der Waals surface area contributed by atoms with Gasteiger partial charge in [-0.3, -0.25) is 4.98 Å². The van der Waals surface area contributed by atoms with Gasteiger partial charge in [0, 0.05) is 18.8 Å². The Morgan fingerprint density at radius 2 is 2.12 bits per heavy atom. The molecule has 0 atom stereocenters. The smallest absolute Gasteiger partial charge is 0.165 e. The number of halogens is 1. The van der Waals surface area contributed by atoms with E-state index in [0.29, 0.717) is 12.3 Å². The van der Waals surface area contributed by atoms with E-state index in [1.165, 1.54) is 6.07 Å². The fourth-order valence-electron chi connectivity index (χ4n) is 1.45. The van der Waals surface area contributed by atoms with E-state index in [-0.39, 0.29) is 11.6 Å². The number of hydrogen-bond acceptors (Lipinski definition) is 3. The molecule has 0 radical (unpaired) electrons. The van der Waals surface area contributed by atoms with E-state index < -0.39 is 0 Å². The van der Waals surface area contributed by atoms with Crippen LogP contribution in [0.5, 0.6) is 11.5 Å². The zero-order valence-corrected chi connectivity index (χ0v) is 9.48. The van der Waals surface area contributed by atoms with Crippen LogP contribution in [-0.2, 0) is 6.54 Å². The van der Waals surface area contributed by atoms with Crippen molar-refractivity contribution in [1.82, 2.24) is 10.3 Å². The van der Waals surface area contributed by atoms with Gasteiger partial charge in [0.15, 0.2) is 11.6 Å². The molecule has 0 saturated carbocycles. The lowest BCUT2D eigenvalue weighted by Crippen LogP contribution is -2.06. The van der Waals surface area contributed by atoms with Gasteiger partial charge >= 0.3 is 0 Å². The minimum Gasteiger partial charge on any atom is -0.454 e. The molecule has 88 valence electrons. The van der Waals surface area contributed by atoms with Crippen molar-refractivity contribution in [2.75, 3.05) is 7.05 Å². The Morgan fingerprint density at radius 3 is 2.88 bits per heavy atom. The van der Waals surface area contributed by atoms with Crippen molar-refractivity contribution >= 4 is 0 Å². The third-order valence-corrected chi connectivity index (χ3v) is 2.21. The molecule has 1 heterocycles. The molecule has 0 fully saturated rings. The molecule has 0 amide bonds. The van der Waals surface area contributed by atoms with Crippen molar-refractivity contribution in [2.24, 2.45) is 0 Å². The second kappa shape index (κ2) is 5.41. The van der Waals surface area contributed by atoms with Crippen LogP contribution in [0.15, 0.2) is 42.6 Å². The Labute approximate surface area is 99.3 Å². The first-order chi connectivity index (χ1) is 8.29. The summed E-state index contributed by atoms with van der Waals surface area (Å²) in [7, 11) is 1.84. The summed E-state index contributed by atoms with van der Waals surface area (Å²) < 4.78 is 18.8. The first-order valence-corrected chi connectivity index (χ1v) is 5.31. The molecule has 0 aliphatic rings. The van der Waals surface area contributed by atoms with Crippen molar-refractivity contribution in [3.05, 3.63) is 54.1 Å². The predicted molar refractivity (Wildman–Crippen MR) is 63.5 cm³/mol. The Bertz CT molecular complexity index is 502. The topological polar surface area (TPSA) is 34.1 Å². The summed E-state index contributed by atoms with van der Waals surface area (Å²) in [5.74, 6) is 0.420. The molecule has 1 aromatic carbocycles.